The molecular formula is C30H52O26. The second-order valence-corrected chi connectivity index (χ2v) is 14.0. The number of aliphatic hydroxyl groups excluding tert-OH is 17. The summed E-state index contributed by atoms with van der Waals surface area (Å²) >= 11 is 0. The minimum absolute atomic E-state index is 0.775. The van der Waals surface area contributed by atoms with Crippen LogP contribution in [0.15, 0.2) is 0 Å². The maximum absolute atomic E-state index is 10.8. The van der Waals surface area contributed by atoms with Crippen LogP contribution in [0.5, 0.6) is 0 Å². The van der Waals surface area contributed by atoms with Gasteiger partial charge in [0.2, 0.25) is 0 Å². The molecule has 0 saturated carbocycles. The summed E-state index contributed by atoms with van der Waals surface area (Å²) in [7, 11) is 0. The highest BCUT2D eigenvalue weighted by Gasteiger charge is 2.54. The summed E-state index contributed by atoms with van der Waals surface area (Å²) in [5, 5.41) is 175. The van der Waals surface area contributed by atoms with Crippen LogP contribution < -0.4 is 0 Å². The van der Waals surface area contributed by atoms with Crippen molar-refractivity contribution in [2.75, 3.05) is 33.0 Å². The Morgan fingerprint density at radius 2 is 0.625 bits per heavy atom. The van der Waals surface area contributed by atoms with Gasteiger partial charge in [0.15, 0.2) is 31.5 Å². The van der Waals surface area contributed by atoms with Gasteiger partial charge >= 0.3 is 0 Å². The van der Waals surface area contributed by atoms with Gasteiger partial charge in [-0.25, -0.2) is 0 Å². The van der Waals surface area contributed by atoms with Gasteiger partial charge < -0.3 is 129 Å². The molecule has 25 atom stereocenters. The van der Waals surface area contributed by atoms with E-state index in [4.69, 9.17) is 42.6 Å². The largest absolute Gasteiger partial charge is 0.394 e. The van der Waals surface area contributed by atoms with Gasteiger partial charge in [0.1, 0.15) is 122 Å². The molecule has 56 heavy (non-hydrogen) atoms. The molecule has 26 heteroatoms. The van der Waals surface area contributed by atoms with Gasteiger partial charge in [-0.05, 0) is 0 Å². The molecule has 5 rings (SSSR count). The zero-order valence-electron chi connectivity index (χ0n) is 29.2. The first-order chi connectivity index (χ1) is 26.4. The quantitative estimate of drug-likeness (QED) is 0.0819. The molecule has 5 saturated heterocycles. The Morgan fingerprint density at radius 3 is 1.11 bits per heavy atom. The van der Waals surface area contributed by atoms with E-state index in [9.17, 15) is 86.8 Å². The van der Waals surface area contributed by atoms with Crippen LogP contribution in [0.3, 0.4) is 0 Å². The Bertz CT molecular complexity index is 1200. The lowest BCUT2D eigenvalue weighted by molar-refractivity contribution is -0.375. The molecule has 5 aliphatic rings. The molecule has 5 aliphatic heterocycles. The summed E-state index contributed by atoms with van der Waals surface area (Å²) in [6.07, 6.45) is -45.2. The van der Waals surface area contributed by atoms with Crippen molar-refractivity contribution in [1.82, 2.24) is 0 Å². The number of aliphatic hydroxyl groups is 17. The van der Waals surface area contributed by atoms with E-state index < -0.39 is 187 Å². The summed E-state index contributed by atoms with van der Waals surface area (Å²) in [6.45, 7) is -4.04. The fourth-order valence-electron chi connectivity index (χ4n) is 6.78. The van der Waals surface area contributed by atoms with E-state index in [1.54, 1.807) is 0 Å². The zero-order chi connectivity index (χ0) is 41.3. The molecule has 17 N–H and O–H groups in total. The number of hydrogen-bond donors (Lipinski definition) is 17. The van der Waals surface area contributed by atoms with Crippen LogP contribution in [0, 0.1) is 0 Å². The standard InChI is InChI=1S/C30H52O26/c31-1-6-11(34)16(39)22(45)28(51-6)55-24-19(42)15(38)9(50-26(24)47)4-48-27-21(44)18(41)14(37)10(54-27)5-49-30-25(20(43)13(36)8(3-33)53-30)56-29-23(46)17(40)12(35)7(2-32)52-29/h6-47H,1-5H2/t6-,7-,8-,9-,10-,11-,12-,13-,14-,15-,16+,17+,18+,19+,20+,21+,22+,23+,24+,25+,26?,27+,28-,29-,30+/m1/s1. The van der Waals surface area contributed by atoms with Gasteiger partial charge in [-0.2, -0.15) is 0 Å². The fraction of sp³-hybridized carbons (Fsp3) is 1.00. The van der Waals surface area contributed by atoms with Crippen LogP contribution in [-0.4, -0.2) is 273 Å². The van der Waals surface area contributed by atoms with E-state index in [2.05, 4.69) is 0 Å². The van der Waals surface area contributed by atoms with Crippen molar-refractivity contribution in [2.45, 2.75) is 154 Å². The van der Waals surface area contributed by atoms with E-state index in [1.807, 2.05) is 0 Å². The molecule has 0 aliphatic carbocycles. The van der Waals surface area contributed by atoms with Gasteiger partial charge in [-0.1, -0.05) is 0 Å². The maximum atomic E-state index is 10.8. The first-order valence-corrected chi connectivity index (χ1v) is 17.6. The van der Waals surface area contributed by atoms with Crippen LogP contribution in [0.2, 0.25) is 0 Å². The van der Waals surface area contributed by atoms with Gasteiger partial charge in [0, 0.05) is 0 Å². The first-order valence-electron chi connectivity index (χ1n) is 17.6. The van der Waals surface area contributed by atoms with Crippen LogP contribution in [0.1, 0.15) is 0 Å². The highest BCUT2D eigenvalue weighted by molar-refractivity contribution is 4.96. The summed E-state index contributed by atoms with van der Waals surface area (Å²) in [4.78, 5) is 0. The van der Waals surface area contributed by atoms with Gasteiger partial charge in [0.05, 0.1) is 33.0 Å². The molecule has 5 fully saturated rings. The summed E-state index contributed by atoms with van der Waals surface area (Å²) in [6, 6.07) is 0. The smallest absolute Gasteiger partial charge is 0.187 e. The molecule has 0 aromatic rings. The normalized spacial score (nSPS) is 53.2. The predicted molar refractivity (Wildman–Crippen MR) is 167 cm³/mol. The Labute approximate surface area is 316 Å². The Kier molecular flexibility index (Phi) is 16.1. The first kappa shape index (κ1) is 46.0. The molecule has 26 nitrogen and oxygen atoms in total. The van der Waals surface area contributed by atoms with E-state index >= 15 is 0 Å². The van der Waals surface area contributed by atoms with Crippen molar-refractivity contribution in [1.29, 1.82) is 0 Å². The maximum Gasteiger partial charge on any atom is 0.187 e. The predicted octanol–water partition coefficient (Wildman–Crippen LogP) is -11.9. The SMILES string of the molecule is OC[C@H]1O[C@H](O[C@@H]2[C@@H](OC[C@H]3O[C@H](OC[C@H]4OC(O)[C@@H](O[C@H]5O[C@H](CO)[C@@H](O)[C@H](O)[C@@H]5O)[C@@H](O)[C@@H]4O)[C@@H](O)[C@@H](O)[C@@H]3O)O[C@H](CO)[C@@H](O)[C@@H]2O)[C@@H](O)[C@@H](O)[C@@H]1O. The lowest BCUT2D eigenvalue weighted by Crippen LogP contribution is -2.65. The van der Waals surface area contributed by atoms with Crippen LogP contribution >= 0.6 is 0 Å². The zero-order valence-corrected chi connectivity index (χ0v) is 29.2. The molecule has 1 unspecified atom stereocenters. The molecule has 0 aromatic heterocycles. The third kappa shape index (κ3) is 9.46. The lowest BCUT2D eigenvalue weighted by atomic mass is 9.97. The molecule has 0 spiro atoms. The minimum Gasteiger partial charge on any atom is -0.394 e. The van der Waals surface area contributed by atoms with Crippen molar-refractivity contribution < 1.29 is 129 Å². The second-order valence-electron chi connectivity index (χ2n) is 14.0. The number of rotatable bonds is 13. The molecular weight excluding hydrogens is 776 g/mol. The van der Waals surface area contributed by atoms with Crippen LogP contribution in [0.4, 0.5) is 0 Å². The Morgan fingerprint density at radius 1 is 0.304 bits per heavy atom. The lowest BCUT2D eigenvalue weighted by Gasteiger charge is -2.46. The Balaban J connectivity index is 1.20. The summed E-state index contributed by atoms with van der Waals surface area (Å²) in [5.41, 5.74) is 0. The number of ether oxygens (including phenoxy) is 9. The summed E-state index contributed by atoms with van der Waals surface area (Å²) < 4.78 is 48.9. The van der Waals surface area contributed by atoms with Crippen LogP contribution in [0.25, 0.3) is 0 Å². The van der Waals surface area contributed by atoms with E-state index in [0.717, 1.165) is 0 Å². The highest BCUT2D eigenvalue weighted by atomic mass is 16.8. The molecule has 0 amide bonds. The molecule has 0 aromatic carbocycles. The third-order valence-electron chi connectivity index (χ3n) is 10.3. The molecule has 0 bridgehead atoms. The monoisotopic (exact) mass is 828 g/mol. The Hall–Kier alpha value is -1.04. The highest BCUT2D eigenvalue weighted by Crippen LogP contribution is 2.32. The van der Waals surface area contributed by atoms with Gasteiger partial charge in [-0.3, -0.25) is 0 Å². The van der Waals surface area contributed by atoms with Crippen molar-refractivity contribution >= 4 is 0 Å². The van der Waals surface area contributed by atoms with Crippen molar-refractivity contribution in [3.8, 4) is 0 Å². The fourth-order valence-corrected chi connectivity index (χ4v) is 6.78. The summed E-state index contributed by atoms with van der Waals surface area (Å²) in [5.74, 6) is 0. The molecule has 328 valence electrons. The second kappa shape index (κ2) is 19.6. The molecule has 5 heterocycles. The minimum atomic E-state index is -2.06. The van der Waals surface area contributed by atoms with Crippen molar-refractivity contribution in [3.05, 3.63) is 0 Å². The topological polar surface area (TPSA) is 427 Å². The van der Waals surface area contributed by atoms with Crippen molar-refractivity contribution in [3.63, 3.8) is 0 Å². The average molecular weight is 829 g/mol. The van der Waals surface area contributed by atoms with Gasteiger partial charge in [0.25, 0.3) is 0 Å². The van der Waals surface area contributed by atoms with E-state index in [0.29, 0.717) is 0 Å². The van der Waals surface area contributed by atoms with Crippen molar-refractivity contribution in [2.24, 2.45) is 0 Å². The average Bonchev–Trinajstić information content (AvgIpc) is 3.18. The third-order valence-corrected chi connectivity index (χ3v) is 10.3. The number of hydrogen-bond acceptors (Lipinski definition) is 26. The molecule has 0 radical (unpaired) electrons. The van der Waals surface area contributed by atoms with Crippen LogP contribution in [-0.2, 0) is 42.6 Å². The van der Waals surface area contributed by atoms with E-state index in [1.165, 1.54) is 0 Å². The van der Waals surface area contributed by atoms with E-state index in [-0.39, 0.29) is 0 Å². The van der Waals surface area contributed by atoms with Gasteiger partial charge in [-0.15, -0.1) is 0 Å².